The maximum Gasteiger partial charge on any atom is 0.295 e. The Morgan fingerprint density at radius 2 is 1.82 bits per heavy atom. The second-order valence-electron chi connectivity index (χ2n) is 7.53. The predicted octanol–water partition coefficient (Wildman–Crippen LogP) is 5.62. The van der Waals surface area contributed by atoms with Crippen molar-refractivity contribution in [3.63, 3.8) is 0 Å². The van der Waals surface area contributed by atoms with Crippen LogP contribution in [0.2, 0.25) is 0 Å². The minimum absolute atomic E-state index is 0.00511. The summed E-state index contributed by atoms with van der Waals surface area (Å²) in [6.45, 7) is 0.641. The molecule has 3 aromatic heterocycles. The van der Waals surface area contributed by atoms with Gasteiger partial charge in [0.25, 0.3) is 5.69 Å². The van der Waals surface area contributed by atoms with E-state index < -0.39 is 4.92 Å². The zero-order valence-corrected chi connectivity index (χ0v) is 17.6. The van der Waals surface area contributed by atoms with Crippen LogP contribution in [0.4, 0.5) is 5.69 Å². The molecule has 0 amide bonds. The number of hydrogen-bond donors (Lipinski definition) is 0. The molecule has 0 fully saturated rings. The van der Waals surface area contributed by atoms with Gasteiger partial charge in [-0.15, -0.1) is 0 Å². The van der Waals surface area contributed by atoms with Crippen LogP contribution in [0, 0.1) is 10.1 Å². The lowest BCUT2D eigenvalue weighted by molar-refractivity contribution is -0.383. The molecule has 0 saturated carbocycles. The Morgan fingerprint density at radius 3 is 2.61 bits per heavy atom. The first kappa shape index (κ1) is 20.3. The molecule has 7 nitrogen and oxygen atoms in total. The van der Waals surface area contributed by atoms with E-state index in [0.29, 0.717) is 17.8 Å². The van der Waals surface area contributed by atoms with E-state index in [1.165, 1.54) is 6.07 Å². The Hall–Kier alpha value is -4.65. The molecule has 0 bridgehead atoms. The number of aromatic nitrogens is 4. The molecule has 0 unspecified atom stereocenters. The first-order valence-corrected chi connectivity index (χ1v) is 10.4. The van der Waals surface area contributed by atoms with Crippen molar-refractivity contribution in [1.29, 1.82) is 0 Å². The zero-order valence-electron chi connectivity index (χ0n) is 17.6. The number of non-ortho nitro benzene ring substituents is 1. The van der Waals surface area contributed by atoms with Crippen LogP contribution in [-0.2, 0) is 6.54 Å². The van der Waals surface area contributed by atoms with Crippen LogP contribution in [0.3, 0.4) is 0 Å². The van der Waals surface area contributed by atoms with Gasteiger partial charge < -0.3 is 0 Å². The predicted molar refractivity (Wildman–Crippen MR) is 128 cm³/mol. The average Bonchev–Trinajstić information content (AvgIpc) is 3.25. The summed E-state index contributed by atoms with van der Waals surface area (Å²) < 4.78 is 1.90. The second-order valence-corrected chi connectivity index (χ2v) is 7.53. The SMILES string of the molecule is O=[N+]([O-])c1cccc2ccc(/C=C/c3cn(Cc4ccccc4)nc3-c3cccnc3)nc12. The molecule has 5 aromatic rings. The normalized spacial score (nSPS) is 11.3. The van der Waals surface area contributed by atoms with Gasteiger partial charge in [0.1, 0.15) is 11.2 Å². The number of rotatable bonds is 6. The van der Waals surface area contributed by atoms with Crippen LogP contribution in [0.25, 0.3) is 34.3 Å². The van der Waals surface area contributed by atoms with Crippen LogP contribution >= 0.6 is 0 Å². The number of benzene rings is 2. The third kappa shape index (κ3) is 4.38. The van der Waals surface area contributed by atoms with Gasteiger partial charge in [0, 0.05) is 41.2 Å². The zero-order chi connectivity index (χ0) is 22.6. The third-order valence-electron chi connectivity index (χ3n) is 5.26. The summed E-state index contributed by atoms with van der Waals surface area (Å²) in [7, 11) is 0. The van der Waals surface area contributed by atoms with Crippen LogP contribution in [0.15, 0.2) is 91.4 Å². The van der Waals surface area contributed by atoms with Gasteiger partial charge in [0.05, 0.1) is 17.2 Å². The summed E-state index contributed by atoms with van der Waals surface area (Å²) in [6.07, 6.45) is 9.27. The van der Waals surface area contributed by atoms with E-state index >= 15 is 0 Å². The monoisotopic (exact) mass is 433 g/mol. The van der Waals surface area contributed by atoms with Gasteiger partial charge in [-0.05, 0) is 35.9 Å². The number of nitrogens with zero attached hydrogens (tertiary/aromatic N) is 5. The van der Waals surface area contributed by atoms with Gasteiger partial charge in [-0.1, -0.05) is 48.5 Å². The fourth-order valence-electron chi connectivity index (χ4n) is 3.70. The molecule has 0 radical (unpaired) electrons. The van der Waals surface area contributed by atoms with Crippen molar-refractivity contribution in [2.24, 2.45) is 0 Å². The first-order valence-electron chi connectivity index (χ1n) is 10.4. The summed E-state index contributed by atoms with van der Waals surface area (Å²) in [4.78, 5) is 19.7. The molecule has 0 aliphatic heterocycles. The highest BCUT2D eigenvalue weighted by atomic mass is 16.6. The molecule has 0 N–H and O–H groups in total. The van der Waals surface area contributed by atoms with Crippen LogP contribution in [0.1, 0.15) is 16.8 Å². The molecule has 5 rings (SSSR count). The highest BCUT2D eigenvalue weighted by molar-refractivity contribution is 5.88. The largest absolute Gasteiger partial charge is 0.295 e. The first-order chi connectivity index (χ1) is 16.2. The molecule has 3 heterocycles. The lowest BCUT2D eigenvalue weighted by Gasteiger charge is -2.01. The highest BCUT2D eigenvalue weighted by Gasteiger charge is 2.13. The van der Waals surface area contributed by atoms with E-state index in [4.69, 9.17) is 5.10 Å². The number of para-hydroxylation sites is 1. The smallest absolute Gasteiger partial charge is 0.267 e. The fraction of sp³-hybridized carbons (Fsp3) is 0.0385. The van der Waals surface area contributed by atoms with Gasteiger partial charge in [-0.25, -0.2) is 4.98 Å². The van der Waals surface area contributed by atoms with Crippen LogP contribution in [-0.4, -0.2) is 24.7 Å². The third-order valence-corrected chi connectivity index (χ3v) is 5.26. The summed E-state index contributed by atoms with van der Waals surface area (Å²) >= 11 is 0. The molecule has 33 heavy (non-hydrogen) atoms. The molecular formula is C26H19N5O2. The van der Waals surface area contributed by atoms with E-state index in [2.05, 4.69) is 22.1 Å². The standard InChI is InChI=1S/C26H19N5O2/c32-31(33)24-10-4-8-20-11-13-23(28-26(20)24)14-12-22-18-30(17-19-6-2-1-3-7-19)29-25(22)21-9-5-15-27-16-21/h1-16,18H,17H2/b14-12+. The number of nitro groups is 1. The van der Waals surface area contributed by atoms with Crippen molar-refractivity contribution in [3.05, 3.63) is 118 Å². The Labute approximate surface area is 189 Å². The highest BCUT2D eigenvalue weighted by Crippen LogP contribution is 2.26. The van der Waals surface area contributed by atoms with Crippen molar-refractivity contribution >= 4 is 28.7 Å². The van der Waals surface area contributed by atoms with Crippen molar-refractivity contribution in [2.45, 2.75) is 6.54 Å². The molecule has 0 saturated heterocycles. The minimum Gasteiger partial charge on any atom is -0.267 e. The molecule has 0 atom stereocenters. The Bertz CT molecular complexity index is 1460. The molecule has 7 heteroatoms. The van der Waals surface area contributed by atoms with Crippen molar-refractivity contribution in [2.75, 3.05) is 0 Å². The summed E-state index contributed by atoms with van der Waals surface area (Å²) in [5, 5.41) is 16.9. The lowest BCUT2D eigenvalue weighted by atomic mass is 10.1. The van der Waals surface area contributed by atoms with Crippen molar-refractivity contribution in [3.8, 4) is 11.3 Å². The summed E-state index contributed by atoms with van der Waals surface area (Å²) in [6, 6.07) is 22.6. The number of hydrogen-bond acceptors (Lipinski definition) is 5. The van der Waals surface area contributed by atoms with Gasteiger partial charge in [0.15, 0.2) is 0 Å². The Balaban J connectivity index is 1.53. The van der Waals surface area contributed by atoms with Crippen LogP contribution in [0.5, 0.6) is 0 Å². The Kier molecular flexibility index (Phi) is 5.43. The van der Waals surface area contributed by atoms with E-state index in [1.807, 2.05) is 71.6 Å². The summed E-state index contributed by atoms with van der Waals surface area (Å²) in [5.41, 5.74) is 4.77. The lowest BCUT2D eigenvalue weighted by Crippen LogP contribution is -2.00. The maximum absolute atomic E-state index is 11.4. The molecule has 0 aliphatic carbocycles. The Morgan fingerprint density at radius 1 is 0.939 bits per heavy atom. The number of pyridine rings is 2. The molecule has 0 aliphatic rings. The van der Waals surface area contributed by atoms with Gasteiger partial charge >= 0.3 is 0 Å². The number of nitro benzene ring substituents is 1. The maximum atomic E-state index is 11.4. The van der Waals surface area contributed by atoms with E-state index in [0.717, 1.165) is 27.8 Å². The topological polar surface area (TPSA) is 86.7 Å². The molecule has 160 valence electrons. The van der Waals surface area contributed by atoms with Gasteiger partial charge in [0.2, 0.25) is 0 Å². The molecule has 2 aromatic carbocycles. The van der Waals surface area contributed by atoms with Crippen LogP contribution < -0.4 is 0 Å². The number of fused-ring (bicyclic) bond motifs is 1. The molecule has 0 spiro atoms. The summed E-state index contributed by atoms with van der Waals surface area (Å²) in [5.74, 6) is 0. The fourth-order valence-corrected chi connectivity index (χ4v) is 3.70. The van der Waals surface area contributed by atoms with Crippen molar-refractivity contribution < 1.29 is 4.92 Å². The van der Waals surface area contributed by atoms with Gasteiger partial charge in [-0.2, -0.15) is 5.10 Å². The quantitative estimate of drug-likeness (QED) is 0.256. The van der Waals surface area contributed by atoms with Gasteiger partial charge in [-0.3, -0.25) is 19.8 Å². The second kappa shape index (κ2) is 8.84. The van der Waals surface area contributed by atoms with E-state index in [-0.39, 0.29) is 5.69 Å². The van der Waals surface area contributed by atoms with Crippen molar-refractivity contribution in [1.82, 2.24) is 19.7 Å². The average molecular weight is 433 g/mol. The van der Waals surface area contributed by atoms with E-state index in [9.17, 15) is 10.1 Å². The van der Waals surface area contributed by atoms with E-state index in [1.54, 1.807) is 18.5 Å². The molecular weight excluding hydrogens is 414 g/mol. The minimum atomic E-state index is -0.406.